The summed E-state index contributed by atoms with van der Waals surface area (Å²) in [5.74, 6) is 1.86. The number of nitrogens with one attached hydrogen (secondary N) is 1. The van der Waals surface area contributed by atoms with Crippen molar-refractivity contribution in [3.05, 3.63) is 42.5 Å². The lowest BCUT2D eigenvalue weighted by atomic mass is 9.77. The van der Waals surface area contributed by atoms with E-state index in [2.05, 4.69) is 61.6 Å². The van der Waals surface area contributed by atoms with Crippen LogP contribution in [0.15, 0.2) is 42.5 Å². The molecule has 0 aromatic heterocycles. The van der Waals surface area contributed by atoms with E-state index >= 15 is 0 Å². The molecule has 1 unspecified atom stereocenters. The van der Waals surface area contributed by atoms with Crippen LogP contribution in [0.2, 0.25) is 0 Å². The Bertz CT molecular complexity index is 590. The van der Waals surface area contributed by atoms with E-state index in [9.17, 15) is 0 Å². The van der Waals surface area contributed by atoms with Gasteiger partial charge in [-0.2, -0.15) is 0 Å². The van der Waals surface area contributed by atoms with Gasteiger partial charge in [0.05, 0.1) is 0 Å². The van der Waals surface area contributed by atoms with E-state index < -0.39 is 0 Å². The van der Waals surface area contributed by atoms with E-state index in [1.165, 1.54) is 55.0 Å². The largest absolute Gasteiger partial charge is 0.382 e. The molecular formula is C21H29N. The van der Waals surface area contributed by atoms with Gasteiger partial charge in [0.1, 0.15) is 0 Å². The van der Waals surface area contributed by atoms with E-state index in [0.717, 1.165) is 11.8 Å². The first-order valence-electron chi connectivity index (χ1n) is 9.02. The second-order valence-electron chi connectivity index (χ2n) is 7.05. The van der Waals surface area contributed by atoms with Gasteiger partial charge >= 0.3 is 0 Å². The summed E-state index contributed by atoms with van der Waals surface area (Å²) in [6.07, 6.45) is 8.15. The van der Waals surface area contributed by atoms with Gasteiger partial charge in [-0.3, -0.25) is 0 Å². The first kappa shape index (κ1) is 15.4. The maximum absolute atomic E-state index is 3.82. The third-order valence-electron chi connectivity index (χ3n) is 5.47. The molecule has 1 N–H and O–H groups in total. The van der Waals surface area contributed by atoms with Gasteiger partial charge in [-0.25, -0.2) is 0 Å². The molecule has 22 heavy (non-hydrogen) atoms. The highest BCUT2D eigenvalue weighted by Gasteiger charge is 2.24. The molecule has 0 radical (unpaired) electrons. The highest BCUT2D eigenvalue weighted by Crippen LogP contribution is 2.34. The quantitative estimate of drug-likeness (QED) is 0.687. The van der Waals surface area contributed by atoms with Crippen LogP contribution in [0.3, 0.4) is 0 Å². The number of rotatable bonds is 5. The van der Waals surface area contributed by atoms with Gasteiger partial charge in [0.2, 0.25) is 0 Å². The second kappa shape index (κ2) is 7.17. The third-order valence-corrected chi connectivity index (χ3v) is 5.47. The average Bonchev–Trinajstić information content (AvgIpc) is 2.56. The minimum Gasteiger partial charge on any atom is -0.382 e. The predicted molar refractivity (Wildman–Crippen MR) is 97.4 cm³/mol. The zero-order chi connectivity index (χ0) is 15.4. The van der Waals surface area contributed by atoms with Crippen LogP contribution in [0.1, 0.15) is 52.4 Å². The molecule has 0 heterocycles. The van der Waals surface area contributed by atoms with Gasteiger partial charge in [0.25, 0.3) is 0 Å². The molecule has 2 aromatic carbocycles. The molecule has 1 aliphatic rings. The fraction of sp³-hybridized carbons (Fsp3) is 0.524. The topological polar surface area (TPSA) is 12.0 Å². The minimum atomic E-state index is 0.649. The van der Waals surface area contributed by atoms with Crippen molar-refractivity contribution in [3.8, 4) is 0 Å². The van der Waals surface area contributed by atoms with Gasteiger partial charge in [-0.15, -0.1) is 0 Å². The van der Waals surface area contributed by atoms with Gasteiger partial charge in [-0.1, -0.05) is 63.1 Å². The summed E-state index contributed by atoms with van der Waals surface area (Å²) in [7, 11) is 0. The van der Waals surface area contributed by atoms with Crippen molar-refractivity contribution in [3.63, 3.8) is 0 Å². The lowest BCUT2D eigenvalue weighted by Gasteiger charge is -2.33. The lowest BCUT2D eigenvalue weighted by molar-refractivity contribution is 0.241. The highest BCUT2D eigenvalue weighted by atomic mass is 14.9. The number of benzene rings is 2. The van der Waals surface area contributed by atoms with Crippen molar-refractivity contribution in [1.29, 1.82) is 0 Å². The van der Waals surface area contributed by atoms with Crippen molar-refractivity contribution >= 4 is 16.5 Å². The Hall–Kier alpha value is -1.50. The Labute approximate surface area is 135 Å². The van der Waals surface area contributed by atoms with Crippen molar-refractivity contribution in [2.75, 3.05) is 5.32 Å². The molecule has 1 fully saturated rings. The molecule has 0 spiro atoms. The Balaban J connectivity index is 1.63. The molecule has 1 atom stereocenters. The molecule has 0 amide bonds. The van der Waals surface area contributed by atoms with Crippen LogP contribution in [-0.4, -0.2) is 6.04 Å². The Morgan fingerprint density at radius 2 is 1.73 bits per heavy atom. The second-order valence-corrected chi connectivity index (χ2v) is 7.05. The molecule has 1 heteroatoms. The van der Waals surface area contributed by atoms with Crippen LogP contribution in [0.4, 0.5) is 5.69 Å². The number of fused-ring (bicyclic) bond motifs is 1. The molecule has 0 bridgehead atoms. The first-order chi connectivity index (χ1) is 10.8. The zero-order valence-electron chi connectivity index (χ0n) is 14.0. The van der Waals surface area contributed by atoms with Crippen LogP contribution < -0.4 is 5.32 Å². The van der Waals surface area contributed by atoms with Crippen molar-refractivity contribution in [2.45, 2.75) is 58.4 Å². The maximum atomic E-state index is 3.82. The fourth-order valence-electron chi connectivity index (χ4n) is 4.09. The molecule has 0 saturated heterocycles. The Morgan fingerprint density at radius 3 is 2.50 bits per heavy atom. The molecule has 1 nitrogen and oxygen atoms in total. The summed E-state index contributed by atoms with van der Waals surface area (Å²) in [5, 5.41) is 6.50. The van der Waals surface area contributed by atoms with E-state index in [0.29, 0.717) is 6.04 Å². The summed E-state index contributed by atoms with van der Waals surface area (Å²) in [6, 6.07) is 15.9. The zero-order valence-corrected chi connectivity index (χ0v) is 14.0. The molecular weight excluding hydrogens is 266 g/mol. The van der Waals surface area contributed by atoms with Gasteiger partial charge in [0.15, 0.2) is 0 Å². The molecule has 1 aliphatic carbocycles. The van der Waals surface area contributed by atoms with Crippen LogP contribution >= 0.6 is 0 Å². The van der Waals surface area contributed by atoms with Gasteiger partial charge < -0.3 is 5.32 Å². The SMILES string of the molecule is CCCC(C)C1CCC(Nc2cccc3ccccc23)CC1. The van der Waals surface area contributed by atoms with E-state index in [1.807, 2.05) is 0 Å². The van der Waals surface area contributed by atoms with E-state index in [4.69, 9.17) is 0 Å². The number of anilines is 1. The molecule has 118 valence electrons. The van der Waals surface area contributed by atoms with Crippen molar-refractivity contribution in [1.82, 2.24) is 0 Å². The summed E-state index contributed by atoms with van der Waals surface area (Å²) in [5.41, 5.74) is 1.31. The van der Waals surface area contributed by atoms with Crippen LogP contribution in [-0.2, 0) is 0 Å². The lowest BCUT2D eigenvalue weighted by Crippen LogP contribution is -2.28. The Kier molecular flexibility index (Phi) is 5.02. The third kappa shape index (κ3) is 3.45. The van der Waals surface area contributed by atoms with E-state index in [-0.39, 0.29) is 0 Å². The smallest absolute Gasteiger partial charge is 0.0422 e. The molecule has 3 rings (SSSR count). The van der Waals surface area contributed by atoms with Crippen LogP contribution in [0, 0.1) is 11.8 Å². The maximum Gasteiger partial charge on any atom is 0.0422 e. The minimum absolute atomic E-state index is 0.649. The first-order valence-corrected chi connectivity index (χ1v) is 9.02. The fourth-order valence-corrected chi connectivity index (χ4v) is 4.09. The Morgan fingerprint density at radius 1 is 1.00 bits per heavy atom. The number of hydrogen-bond acceptors (Lipinski definition) is 1. The molecule has 2 aromatic rings. The standard InChI is InChI=1S/C21H29N/c1-3-7-16(2)17-12-14-19(15-13-17)22-21-11-6-9-18-8-4-5-10-20(18)21/h4-6,8-11,16-17,19,22H,3,7,12-15H2,1-2H3. The monoisotopic (exact) mass is 295 g/mol. The van der Waals surface area contributed by atoms with Crippen molar-refractivity contribution in [2.24, 2.45) is 11.8 Å². The van der Waals surface area contributed by atoms with Crippen LogP contribution in [0.5, 0.6) is 0 Å². The molecule has 0 aliphatic heterocycles. The normalized spacial score (nSPS) is 23.4. The van der Waals surface area contributed by atoms with Gasteiger partial charge in [0, 0.05) is 17.1 Å². The summed E-state index contributed by atoms with van der Waals surface area (Å²) < 4.78 is 0. The summed E-state index contributed by atoms with van der Waals surface area (Å²) in [4.78, 5) is 0. The summed E-state index contributed by atoms with van der Waals surface area (Å²) in [6.45, 7) is 4.76. The summed E-state index contributed by atoms with van der Waals surface area (Å²) >= 11 is 0. The van der Waals surface area contributed by atoms with Crippen LogP contribution in [0.25, 0.3) is 10.8 Å². The average molecular weight is 295 g/mol. The van der Waals surface area contributed by atoms with Gasteiger partial charge in [-0.05, 0) is 49.0 Å². The molecule has 1 saturated carbocycles. The highest BCUT2D eigenvalue weighted by molar-refractivity contribution is 5.93. The van der Waals surface area contributed by atoms with Crippen molar-refractivity contribution < 1.29 is 0 Å². The predicted octanol–water partition coefficient (Wildman–Crippen LogP) is 6.25. The van der Waals surface area contributed by atoms with E-state index in [1.54, 1.807) is 0 Å². The number of hydrogen-bond donors (Lipinski definition) is 1.